The molecule has 0 saturated carbocycles. The third-order valence-electron chi connectivity index (χ3n) is 3.21. The zero-order valence-electron chi connectivity index (χ0n) is 12.6. The summed E-state index contributed by atoms with van der Waals surface area (Å²) < 4.78 is 6.60. The molecule has 0 radical (unpaired) electrons. The molecule has 0 unspecified atom stereocenters. The predicted molar refractivity (Wildman–Crippen MR) is 82.3 cm³/mol. The first-order chi connectivity index (χ1) is 10.5. The fraction of sp³-hybridized carbons (Fsp3) is 0.312. The van der Waals surface area contributed by atoms with Crippen LogP contribution in [0.1, 0.15) is 30.1 Å². The number of hydrogen-bond donors (Lipinski definition) is 1. The summed E-state index contributed by atoms with van der Waals surface area (Å²) in [5, 5.41) is 13.2. The largest absolute Gasteiger partial charge is 0.494 e. The Kier molecular flexibility index (Phi) is 4.93. The highest BCUT2D eigenvalue weighted by Gasteiger charge is 2.13. The highest BCUT2D eigenvalue weighted by molar-refractivity contribution is 5.88. The molecule has 0 aliphatic heterocycles. The number of hydrogen-bond acceptors (Lipinski definition) is 4. The molecule has 0 aliphatic rings. The lowest BCUT2D eigenvalue weighted by atomic mass is 10.1. The van der Waals surface area contributed by atoms with E-state index in [0.717, 1.165) is 28.8 Å². The maximum atomic E-state index is 11.7. The molecule has 0 bridgehead atoms. The van der Waals surface area contributed by atoms with E-state index in [1.165, 1.54) is 13.1 Å². The molecule has 6 heteroatoms. The molecule has 1 N–H and O–H groups in total. The molecule has 116 valence electrons. The van der Waals surface area contributed by atoms with Gasteiger partial charge in [0.1, 0.15) is 11.3 Å². The highest BCUT2D eigenvalue weighted by Crippen LogP contribution is 2.20. The molecule has 22 heavy (non-hydrogen) atoms. The molecule has 0 amide bonds. The molecular weight excluding hydrogens is 284 g/mol. The molecule has 2 rings (SSSR count). The Bertz CT molecular complexity index is 720. The van der Waals surface area contributed by atoms with E-state index in [1.807, 2.05) is 0 Å². The number of carbonyl (C=O) groups is 1. The third-order valence-corrected chi connectivity index (χ3v) is 3.21. The average molecular weight is 302 g/mol. The standard InChI is InChI=1S/C16H18N2O4/c1-3-4-9-22-12-7-5-11(6-8-12)14-10-13(16(20)21)15(19)18(2)17-14/h5-8,10H,3-4,9H2,1-2H3,(H,20,21). The first-order valence-corrected chi connectivity index (χ1v) is 7.07. The SMILES string of the molecule is CCCCOc1ccc(-c2cc(C(=O)O)c(=O)n(C)n2)cc1. The number of ether oxygens (including phenoxy) is 1. The van der Waals surface area contributed by atoms with E-state index in [4.69, 9.17) is 9.84 Å². The quantitative estimate of drug-likeness (QED) is 0.828. The van der Waals surface area contributed by atoms with Crippen molar-refractivity contribution in [1.29, 1.82) is 0 Å². The fourth-order valence-corrected chi connectivity index (χ4v) is 1.96. The van der Waals surface area contributed by atoms with Crippen LogP contribution in [0.15, 0.2) is 35.1 Å². The van der Waals surface area contributed by atoms with Gasteiger partial charge in [0.25, 0.3) is 5.56 Å². The summed E-state index contributed by atoms with van der Waals surface area (Å²) >= 11 is 0. The normalized spacial score (nSPS) is 10.5. The predicted octanol–water partition coefficient (Wildman–Crippen LogP) is 2.32. The van der Waals surface area contributed by atoms with Gasteiger partial charge in [-0.15, -0.1) is 0 Å². The van der Waals surface area contributed by atoms with E-state index in [9.17, 15) is 9.59 Å². The molecule has 1 heterocycles. The summed E-state index contributed by atoms with van der Waals surface area (Å²) in [6.45, 7) is 2.76. The van der Waals surface area contributed by atoms with Gasteiger partial charge in [0.2, 0.25) is 0 Å². The molecule has 0 aliphatic carbocycles. The molecule has 6 nitrogen and oxygen atoms in total. The van der Waals surface area contributed by atoms with Crippen LogP contribution in [0.4, 0.5) is 0 Å². The van der Waals surface area contributed by atoms with E-state index in [-0.39, 0.29) is 5.56 Å². The van der Waals surface area contributed by atoms with Crippen LogP contribution in [-0.4, -0.2) is 27.5 Å². The van der Waals surface area contributed by atoms with Crippen LogP contribution in [0.2, 0.25) is 0 Å². The van der Waals surface area contributed by atoms with E-state index < -0.39 is 11.5 Å². The van der Waals surface area contributed by atoms with Gasteiger partial charge in [0.15, 0.2) is 0 Å². The van der Waals surface area contributed by atoms with Gasteiger partial charge in [0, 0.05) is 12.6 Å². The zero-order valence-corrected chi connectivity index (χ0v) is 12.6. The van der Waals surface area contributed by atoms with Crippen LogP contribution < -0.4 is 10.3 Å². The van der Waals surface area contributed by atoms with Crippen LogP contribution in [-0.2, 0) is 7.05 Å². The van der Waals surface area contributed by atoms with Crippen molar-refractivity contribution in [3.63, 3.8) is 0 Å². The van der Waals surface area contributed by atoms with E-state index in [0.29, 0.717) is 12.3 Å². The molecule has 0 fully saturated rings. The number of aryl methyl sites for hydroxylation is 1. The highest BCUT2D eigenvalue weighted by atomic mass is 16.5. The van der Waals surface area contributed by atoms with Gasteiger partial charge in [-0.05, 0) is 36.8 Å². The Hall–Kier alpha value is -2.63. The van der Waals surface area contributed by atoms with E-state index in [1.54, 1.807) is 24.3 Å². The molecule has 1 aromatic heterocycles. The lowest BCUT2D eigenvalue weighted by Gasteiger charge is -2.08. The Balaban J connectivity index is 2.28. The first-order valence-electron chi connectivity index (χ1n) is 7.07. The topological polar surface area (TPSA) is 81.4 Å². The average Bonchev–Trinajstić information content (AvgIpc) is 2.50. The van der Waals surface area contributed by atoms with Gasteiger partial charge in [-0.2, -0.15) is 5.10 Å². The third kappa shape index (κ3) is 3.52. The Morgan fingerprint density at radius 3 is 2.59 bits per heavy atom. The van der Waals surface area contributed by atoms with Gasteiger partial charge in [0.05, 0.1) is 12.3 Å². The number of benzene rings is 1. The number of carboxylic acid groups (broad SMARTS) is 1. The number of aromatic nitrogens is 2. The summed E-state index contributed by atoms with van der Waals surface area (Å²) in [5.41, 5.74) is 0.229. The number of aromatic carboxylic acids is 1. The minimum Gasteiger partial charge on any atom is -0.494 e. The molecule has 2 aromatic rings. The van der Waals surface area contributed by atoms with Crippen molar-refractivity contribution in [2.45, 2.75) is 19.8 Å². The van der Waals surface area contributed by atoms with Crippen LogP contribution in [0.25, 0.3) is 11.3 Å². The van der Waals surface area contributed by atoms with Crippen LogP contribution >= 0.6 is 0 Å². The number of unbranched alkanes of at least 4 members (excludes halogenated alkanes) is 1. The van der Waals surface area contributed by atoms with Crippen molar-refractivity contribution in [1.82, 2.24) is 9.78 Å². The second kappa shape index (κ2) is 6.89. The second-order valence-corrected chi connectivity index (χ2v) is 4.90. The fourth-order valence-electron chi connectivity index (χ4n) is 1.96. The monoisotopic (exact) mass is 302 g/mol. The van der Waals surface area contributed by atoms with Gasteiger partial charge in [-0.1, -0.05) is 13.3 Å². The van der Waals surface area contributed by atoms with Crippen molar-refractivity contribution in [2.75, 3.05) is 6.61 Å². The van der Waals surface area contributed by atoms with Crippen LogP contribution in [0, 0.1) is 0 Å². The summed E-state index contributed by atoms with van der Waals surface area (Å²) in [7, 11) is 1.43. The maximum Gasteiger partial charge on any atom is 0.341 e. The summed E-state index contributed by atoms with van der Waals surface area (Å²) in [6, 6.07) is 8.48. The number of rotatable bonds is 6. The number of carboxylic acids is 1. The van der Waals surface area contributed by atoms with Gasteiger partial charge >= 0.3 is 5.97 Å². The lowest BCUT2D eigenvalue weighted by Crippen LogP contribution is -2.26. The Morgan fingerprint density at radius 2 is 2.00 bits per heavy atom. The minimum atomic E-state index is -1.26. The molecule has 1 aromatic carbocycles. The second-order valence-electron chi connectivity index (χ2n) is 4.90. The van der Waals surface area contributed by atoms with Crippen molar-refractivity contribution in [3.8, 4) is 17.0 Å². The Labute approximate surface area is 128 Å². The van der Waals surface area contributed by atoms with Gasteiger partial charge in [-0.3, -0.25) is 4.79 Å². The molecule has 0 saturated heterocycles. The molecule has 0 spiro atoms. The smallest absolute Gasteiger partial charge is 0.341 e. The van der Waals surface area contributed by atoms with Crippen LogP contribution in [0.3, 0.4) is 0 Å². The Morgan fingerprint density at radius 1 is 1.32 bits per heavy atom. The maximum absolute atomic E-state index is 11.7. The van der Waals surface area contributed by atoms with Crippen molar-refractivity contribution in [2.24, 2.45) is 7.05 Å². The minimum absolute atomic E-state index is 0.296. The summed E-state index contributed by atoms with van der Waals surface area (Å²) in [5.74, 6) is -0.510. The summed E-state index contributed by atoms with van der Waals surface area (Å²) in [6.07, 6.45) is 2.06. The molecule has 0 atom stereocenters. The summed E-state index contributed by atoms with van der Waals surface area (Å²) in [4.78, 5) is 22.8. The lowest BCUT2D eigenvalue weighted by molar-refractivity contribution is 0.0694. The van der Waals surface area contributed by atoms with Gasteiger partial charge in [-0.25, -0.2) is 9.48 Å². The first kappa shape index (κ1) is 15.8. The van der Waals surface area contributed by atoms with Crippen molar-refractivity contribution < 1.29 is 14.6 Å². The molecular formula is C16H18N2O4. The van der Waals surface area contributed by atoms with Gasteiger partial charge < -0.3 is 9.84 Å². The van der Waals surface area contributed by atoms with Crippen molar-refractivity contribution in [3.05, 3.63) is 46.2 Å². The van der Waals surface area contributed by atoms with Crippen molar-refractivity contribution >= 4 is 5.97 Å². The zero-order chi connectivity index (χ0) is 16.1. The van der Waals surface area contributed by atoms with Crippen LogP contribution in [0.5, 0.6) is 5.75 Å². The van der Waals surface area contributed by atoms with E-state index >= 15 is 0 Å². The van der Waals surface area contributed by atoms with E-state index in [2.05, 4.69) is 12.0 Å². The number of nitrogens with zero attached hydrogens (tertiary/aromatic N) is 2.